The van der Waals surface area contributed by atoms with Crippen LogP contribution in [-0.2, 0) is 37.6 Å². The summed E-state index contributed by atoms with van der Waals surface area (Å²) in [4.78, 5) is 0. The summed E-state index contributed by atoms with van der Waals surface area (Å²) in [5.74, 6) is 0.601. The van der Waals surface area contributed by atoms with Crippen LogP contribution in [-0.4, -0.2) is 5.43 Å². The molecule has 0 saturated carbocycles. The summed E-state index contributed by atoms with van der Waals surface area (Å²) in [5, 5.41) is 0. The van der Waals surface area contributed by atoms with Gasteiger partial charge in [-0.25, -0.2) is 0 Å². The Morgan fingerprint density at radius 2 is 1.37 bits per heavy atom. The van der Waals surface area contributed by atoms with Crippen molar-refractivity contribution in [1.29, 1.82) is 0 Å². The molecule has 186 valence electrons. The Hall–Kier alpha value is -0.980. The fourth-order valence-electron chi connectivity index (χ4n) is 5.58. The Morgan fingerprint density at radius 1 is 0.771 bits per heavy atom. The second-order valence-corrected chi connectivity index (χ2v) is 31.2. The Morgan fingerprint density at radius 3 is 1.89 bits per heavy atom. The monoisotopic (exact) mass is 560 g/mol. The quantitative estimate of drug-likeness (QED) is 0.274. The van der Waals surface area contributed by atoms with Gasteiger partial charge in [0.15, 0.2) is 0 Å². The van der Waals surface area contributed by atoms with Gasteiger partial charge in [0.2, 0.25) is 0 Å². The Balaban J connectivity index is 1.98. The predicted octanol–water partition coefficient (Wildman–Crippen LogP) is 8.85. The van der Waals surface area contributed by atoms with E-state index in [0.29, 0.717) is 5.92 Å². The van der Waals surface area contributed by atoms with Crippen LogP contribution in [0.15, 0.2) is 51.3 Å². The summed E-state index contributed by atoms with van der Waals surface area (Å²) < 4.78 is 3.65. The summed E-state index contributed by atoms with van der Waals surface area (Å²) in [7, 11) is 0. The molecule has 0 fully saturated rings. The first-order chi connectivity index (χ1) is 16.0. The van der Waals surface area contributed by atoms with E-state index >= 15 is 0 Å². The number of hydrogen-bond donors (Lipinski definition) is 0. The Kier molecular flexibility index (Phi) is 7.03. The molecule has 0 amide bonds. The van der Waals surface area contributed by atoms with Gasteiger partial charge in [0, 0.05) is 0 Å². The first kappa shape index (κ1) is 27.1. The van der Waals surface area contributed by atoms with Crippen LogP contribution in [0.4, 0.5) is 0 Å². The molecule has 1 unspecified atom stereocenters. The van der Waals surface area contributed by atoms with E-state index in [9.17, 15) is 0 Å². The maximum absolute atomic E-state index is 2.68. The molecule has 0 saturated heterocycles. The molecule has 1 atom stereocenters. The molecule has 0 nitrogen and oxygen atoms in total. The fourth-order valence-corrected chi connectivity index (χ4v) is 22.9. The summed E-state index contributed by atoms with van der Waals surface area (Å²) >= 11 is -2.06. The van der Waals surface area contributed by atoms with Crippen LogP contribution in [0, 0.1) is 11.3 Å². The third kappa shape index (κ3) is 5.22. The number of hydrogen-bond acceptors (Lipinski definition) is 0. The van der Waals surface area contributed by atoms with Gasteiger partial charge < -0.3 is 0 Å². The van der Waals surface area contributed by atoms with Crippen LogP contribution in [0.3, 0.4) is 0 Å². The van der Waals surface area contributed by atoms with Gasteiger partial charge in [0.1, 0.15) is 0 Å². The van der Waals surface area contributed by atoms with Gasteiger partial charge in [-0.3, -0.25) is 0 Å². The minimum atomic E-state index is -2.06. The van der Waals surface area contributed by atoms with Gasteiger partial charge in [-0.2, -0.15) is 0 Å². The normalized spacial score (nSPS) is 17.7. The zero-order valence-electron chi connectivity index (χ0n) is 24.3. The number of allylic oxidation sites excluding steroid dienone is 4. The molecular weight excluding hydrogens is 516 g/mol. The number of benzene rings is 2. The van der Waals surface area contributed by atoms with E-state index in [1.165, 1.54) is 22.3 Å². The fraction of sp³-hybridized carbons (Fsp3) is 0.515. The first-order valence-corrected chi connectivity index (χ1v) is 22.1. The third-order valence-electron chi connectivity index (χ3n) is 7.90. The van der Waals surface area contributed by atoms with Crippen molar-refractivity contribution < 1.29 is 20.4 Å². The van der Waals surface area contributed by atoms with Crippen LogP contribution >= 0.6 is 0 Å². The van der Waals surface area contributed by atoms with E-state index in [2.05, 4.69) is 125 Å². The van der Waals surface area contributed by atoms with Gasteiger partial charge in [-0.1, -0.05) is 0 Å². The molecule has 2 aliphatic rings. The zero-order chi connectivity index (χ0) is 26.1. The van der Waals surface area contributed by atoms with E-state index in [-0.39, 0.29) is 16.2 Å². The number of rotatable bonds is 2. The van der Waals surface area contributed by atoms with Gasteiger partial charge in [-0.05, 0) is 0 Å². The molecule has 2 heteroatoms. The molecular formula is C33H46SiZr. The SMILES string of the molecule is CC1C=C(C(C)(C)C)C=[C]1[Zr]([c]1cc(C(C)(C)C)cc2c1Cc1ccc(C(C)(C)C)cc1-2)=[Si](C)C. The topological polar surface area (TPSA) is 0 Å². The molecule has 0 heterocycles. The predicted molar refractivity (Wildman–Crippen MR) is 154 cm³/mol. The third-order valence-corrected chi connectivity index (χ3v) is 24.9. The summed E-state index contributed by atoms with van der Waals surface area (Å²) in [6, 6.07) is 12.6. The molecule has 0 spiro atoms. The van der Waals surface area contributed by atoms with Gasteiger partial charge in [0.05, 0.1) is 0 Å². The van der Waals surface area contributed by atoms with E-state index < -0.39 is 25.8 Å². The van der Waals surface area contributed by atoms with Crippen LogP contribution in [0.2, 0.25) is 13.1 Å². The van der Waals surface area contributed by atoms with Gasteiger partial charge >= 0.3 is 225 Å². The number of fused-ring (bicyclic) bond motifs is 3. The molecule has 2 aromatic rings. The average molecular weight is 562 g/mol. The van der Waals surface area contributed by atoms with E-state index in [4.69, 9.17) is 0 Å². The second-order valence-electron chi connectivity index (χ2n) is 14.2. The summed E-state index contributed by atoms with van der Waals surface area (Å²) in [6.07, 6.45) is 6.36. The van der Waals surface area contributed by atoms with Crippen molar-refractivity contribution >= 4 is 8.70 Å². The van der Waals surface area contributed by atoms with Crippen LogP contribution < -0.4 is 3.27 Å². The van der Waals surface area contributed by atoms with E-state index in [1.54, 1.807) is 16.7 Å². The average Bonchev–Trinajstić information content (AvgIpc) is 3.27. The second kappa shape index (κ2) is 9.09. The molecule has 2 aliphatic carbocycles. The van der Waals surface area contributed by atoms with Gasteiger partial charge in [0.25, 0.3) is 0 Å². The Bertz CT molecular complexity index is 1280. The minimum absolute atomic E-state index is 0.154. The molecule has 0 aromatic heterocycles. The maximum atomic E-state index is 2.68. The van der Waals surface area contributed by atoms with Crippen molar-refractivity contribution in [2.24, 2.45) is 11.3 Å². The van der Waals surface area contributed by atoms with Crippen molar-refractivity contribution in [3.05, 3.63) is 73.6 Å². The van der Waals surface area contributed by atoms with Crippen molar-refractivity contribution in [2.45, 2.75) is 99.6 Å². The van der Waals surface area contributed by atoms with E-state index in [1.807, 2.05) is 6.55 Å². The van der Waals surface area contributed by atoms with Gasteiger partial charge in [-0.15, -0.1) is 0 Å². The van der Waals surface area contributed by atoms with Crippen molar-refractivity contribution in [2.75, 3.05) is 0 Å². The molecule has 2 aromatic carbocycles. The molecule has 0 N–H and O–H groups in total. The molecule has 4 rings (SSSR count). The van der Waals surface area contributed by atoms with Crippen LogP contribution in [0.25, 0.3) is 11.1 Å². The molecule has 0 aliphatic heterocycles. The van der Waals surface area contributed by atoms with Crippen molar-refractivity contribution in [3.8, 4) is 11.1 Å². The van der Waals surface area contributed by atoms with Crippen LogP contribution in [0.5, 0.6) is 0 Å². The Labute approximate surface area is 223 Å². The summed E-state index contributed by atoms with van der Waals surface area (Å²) in [5.41, 5.74) is 10.9. The van der Waals surface area contributed by atoms with Crippen molar-refractivity contribution in [3.63, 3.8) is 0 Å². The van der Waals surface area contributed by atoms with E-state index in [0.717, 1.165) is 6.42 Å². The van der Waals surface area contributed by atoms with Crippen molar-refractivity contribution in [1.82, 2.24) is 0 Å². The molecule has 35 heavy (non-hydrogen) atoms. The molecule has 0 bridgehead atoms. The first-order valence-electron chi connectivity index (χ1n) is 13.4. The summed E-state index contributed by atoms with van der Waals surface area (Å²) in [6.45, 7) is 29.0. The standard InChI is InChI=1S/C21H25.C10H15.C2H6Si.Zr/c1-20(2,3)16-9-7-14-11-15-8-10-17(21(4,5)6)13-19(15)18(14)12-16;1-8-5-6-9(7-8)10(2,3)4;1-3-2;/h7,9-10,12-13H,11H2,1-6H3;6-8H,1-4H3;1-2H3;. The zero-order valence-corrected chi connectivity index (χ0v) is 27.8. The van der Waals surface area contributed by atoms with Crippen LogP contribution in [0.1, 0.15) is 91.5 Å². The molecule has 0 radical (unpaired) electrons.